The summed E-state index contributed by atoms with van der Waals surface area (Å²) in [6.45, 7) is 2.89. The average Bonchev–Trinajstić information content (AvgIpc) is 3.20. The molecule has 0 saturated heterocycles. The fraction of sp³-hybridized carbons (Fsp3) is 0.500. The number of rotatable bonds is 5. The highest BCUT2D eigenvalue weighted by Crippen LogP contribution is 2.40. The van der Waals surface area contributed by atoms with E-state index >= 15 is 0 Å². The van der Waals surface area contributed by atoms with Gasteiger partial charge in [-0.2, -0.15) is 0 Å². The Bertz CT molecular complexity index is 535. The molecule has 1 aliphatic rings. The van der Waals surface area contributed by atoms with Gasteiger partial charge in [0.05, 0.1) is 11.4 Å². The molecule has 0 amide bonds. The molecule has 0 aliphatic heterocycles. The van der Waals surface area contributed by atoms with Crippen molar-refractivity contribution in [1.82, 2.24) is 20.0 Å². The van der Waals surface area contributed by atoms with Gasteiger partial charge >= 0.3 is 0 Å². The van der Waals surface area contributed by atoms with Crippen LogP contribution in [0, 0.1) is 0 Å². The van der Waals surface area contributed by atoms with Gasteiger partial charge in [0.1, 0.15) is 12.1 Å². The zero-order chi connectivity index (χ0) is 13.2. The first-order chi connectivity index (χ1) is 9.24. The molecular weight excluding hydrogens is 240 g/mol. The Balaban J connectivity index is 1.64. The molecule has 1 atom stereocenters. The normalized spacial score (nSPS) is 16.8. The zero-order valence-electron chi connectivity index (χ0n) is 11.3. The molecule has 5 nitrogen and oxygen atoms in total. The van der Waals surface area contributed by atoms with Gasteiger partial charge < -0.3 is 4.52 Å². The first kappa shape index (κ1) is 12.3. The molecule has 1 aliphatic carbocycles. The van der Waals surface area contributed by atoms with E-state index < -0.39 is 0 Å². The molecule has 0 bridgehead atoms. The third-order valence-electron chi connectivity index (χ3n) is 3.66. The van der Waals surface area contributed by atoms with Crippen LogP contribution in [0.4, 0.5) is 0 Å². The van der Waals surface area contributed by atoms with Crippen molar-refractivity contribution in [2.45, 2.75) is 38.3 Å². The lowest BCUT2D eigenvalue weighted by Gasteiger charge is -2.22. The first-order valence-corrected chi connectivity index (χ1v) is 6.65. The smallest absolute Gasteiger partial charge is 0.140 e. The third-order valence-corrected chi connectivity index (χ3v) is 3.66. The molecule has 19 heavy (non-hydrogen) atoms. The van der Waals surface area contributed by atoms with Gasteiger partial charge in [0.2, 0.25) is 0 Å². The highest BCUT2D eigenvalue weighted by Gasteiger charge is 2.28. The van der Waals surface area contributed by atoms with Crippen LogP contribution in [0.1, 0.15) is 48.9 Å². The molecule has 1 saturated carbocycles. The van der Waals surface area contributed by atoms with Crippen molar-refractivity contribution in [2.24, 2.45) is 0 Å². The van der Waals surface area contributed by atoms with E-state index in [-0.39, 0.29) is 6.04 Å². The van der Waals surface area contributed by atoms with Crippen molar-refractivity contribution < 1.29 is 4.52 Å². The summed E-state index contributed by atoms with van der Waals surface area (Å²) in [6, 6.07) is 4.25. The number of hydrogen-bond acceptors (Lipinski definition) is 5. The van der Waals surface area contributed by atoms with E-state index in [1.165, 1.54) is 12.8 Å². The highest BCUT2D eigenvalue weighted by atomic mass is 16.5. The van der Waals surface area contributed by atoms with Crippen LogP contribution in [0.15, 0.2) is 29.2 Å². The van der Waals surface area contributed by atoms with Gasteiger partial charge in [0.15, 0.2) is 0 Å². The molecule has 2 aromatic rings. The van der Waals surface area contributed by atoms with Crippen molar-refractivity contribution in [3.63, 3.8) is 0 Å². The lowest BCUT2D eigenvalue weighted by Crippen LogP contribution is -2.22. The van der Waals surface area contributed by atoms with E-state index in [0.717, 1.165) is 23.7 Å². The van der Waals surface area contributed by atoms with Crippen LogP contribution in [-0.2, 0) is 6.54 Å². The number of hydrogen-bond donors (Lipinski definition) is 0. The lowest BCUT2D eigenvalue weighted by molar-refractivity contribution is 0.240. The Kier molecular flexibility index (Phi) is 3.29. The molecule has 0 aromatic carbocycles. The van der Waals surface area contributed by atoms with Gasteiger partial charge in [0, 0.05) is 30.8 Å². The molecule has 0 spiro atoms. The Morgan fingerprint density at radius 3 is 3.00 bits per heavy atom. The predicted octanol–water partition coefficient (Wildman–Crippen LogP) is 2.54. The minimum Gasteiger partial charge on any atom is -0.361 e. The minimum atomic E-state index is 0.226. The number of nitrogens with zero attached hydrogens (tertiary/aromatic N) is 4. The summed E-state index contributed by atoms with van der Waals surface area (Å²) in [7, 11) is 2.07. The molecule has 0 radical (unpaired) electrons. The summed E-state index contributed by atoms with van der Waals surface area (Å²) >= 11 is 0. The zero-order valence-corrected chi connectivity index (χ0v) is 11.3. The maximum Gasteiger partial charge on any atom is 0.140 e. The van der Waals surface area contributed by atoms with E-state index in [2.05, 4.69) is 40.1 Å². The monoisotopic (exact) mass is 258 g/mol. The standard InChI is InChI=1S/C14H18N4O/c1-10(13-5-6-15-9-16-13)18(2)8-12-7-14(19-17-12)11-3-4-11/h5-7,9-11H,3-4,8H2,1-2H3. The van der Waals surface area contributed by atoms with Crippen molar-refractivity contribution >= 4 is 0 Å². The Morgan fingerprint density at radius 1 is 1.47 bits per heavy atom. The summed E-state index contributed by atoms with van der Waals surface area (Å²) in [4.78, 5) is 10.4. The van der Waals surface area contributed by atoms with Crippen LogP contribution in [-0.4, -0.2) is 27.1 Å². The predicted molar refractivity (Wildman–Crippen MR) is 70.4 cm³/mol. The Morgan fingerprint density at radius 2 is 2.32 bits per heavy atom. The number of aromatic nitrogens is 3. The van der Waals surface area contributed by atoms with Crippen LogP contribution in [0.3, 0.4) is 0 Å². The molecule has 100 valence electrons. The van der Waals surface area contributed by atoms with Crippen molar-refractivity contribution in [1.29, 1.82) is 0 Å². The van der Waals surface area contributed by atoms with Crippen molar-refractivity contribution in [3.05, 3.63) is 41.8 Å². The largest absolute Gasteiger partial charge is 0.361 e. The highest BCUT2D eigenvalue weighted by molar-refractivity contribution is 5.14. The second-order valence-corrected chi connectivity index (χ2v) is 5.22. The molecule has 1 unspecified atom stereocenters. The second kappa shape index (κ2) is 5.09. The third kappa shape index (κ3) is 2.81. The SMILES string of the molecule is CC(c1ccncn1)N(C)Cc1cc(C2CC2)on1. The molecule has 1 fully saturated rings. The fourth-order valence-corrected chi connectivity index (χ4v) is 2.13. The summed E-state index contributed by atoms with van der Waals surface area (Å²) in [6.07, 6.45) is 5.83. The molecule has 2 heterocycles. The van der Waals surface area contributed by atoms with Crippen molar-refractivity contribution in [2.75, 3.05) is 7.05 Å². The fourth-order valence-electron chi connectivity index (χ4n) is 2.13. The van der Waals surface area contributed by atoms with Gasteiger partial charge in [-0.1, -0.05) is 5.16 Å². The van der Waals surface area contributed by atoms with Gasteiger partial charge in [-0.25, -0.2) is 9.97 Å². The van der Waals surface area contributed by atoms with Crippen LogP contribution in [0.5, 0.6) is 0 Å². The summed E-state index contributed by atoms with van der Waals surface area (Å²) in [5.41, 5.74) is 2.01. The minimum absolute atomic E-state index is 0.226. The maximum atomic E-state index is 5.37. The molecule has 0 N–H and O–H groups in total. The van der Waals surface area contributed by atoms with Gasteiger partial charge in [-0.3, -0.25) is 4.90 Å². The Hall–Kier alpha value is -1.75. The summed E-state index contributed by atoms with van der Waals surface area (Å²) in [5.74, 6) is 1.66. The van der Waals surface area contributed by atoms with E-state index in [1.807, 2.05) is 6.07 Å². The maximum absolute atomic E-state index is 5.37. The topological polar surface area (TPSA) is 55.1 Å². The van der Waals surface area contributed by atoms with Crippen LogP contribution in [0.2, 0.25) is 0 Å². The average molecular weight is 258 g/mol. The molecule has 2 aromatic heterocycles. The Labute approximate surface area is 112 Å². The van der Waals surface area contributed by atoms with E-state index in [1.54, 1.807) is 12.5 Å². The summed E-state index contributed by atoms with van der Waals surface area (Å²) < 4.78 is 5.37. The van der Waals surface area contributed by atoms with Gasteiger partial charge in [0.25, 0.3) is 0 Å². The van der Waals surface area contributed by atoms with Crippen LogP contribution in [0.25, 0.3) is 0 Å². The van der Waals surface area contributed by atoms with E-state index in [4.69, 9.17) is 4.52 Å². The molecular formula is C14H18N4O. The van der Waals surface area contributed by atoms with Crippen LogP contribution >= 0.6 is 0 Å². The van der Waals surface area contributed by atoms with Crippen LogP contribution < -0.4 is 0 Å². The van der Waals surface area contributed by atoms with E-state index in [0.29, 0.717) is 5.92 Å². The first-order valence-electron chi connectivity index (χ1n) is 6.65. The van der Waals surface area contributed by atoms with Crippen molar-refractivity contribution in [3.8, 4) is 0 Å². The van der Waals surface area contributed by atoms with Gasteiger partial charge in [-0.05, 0) is 32.9 Å². The van der Waals surface area contributed by atoms with Gasteiger partial charge in [-0.15, -0.1) is 0 Å². The lowest BCUT2D eigenvalue weighted by atomic mass is 10.2. The van der Waals surface area contributed by atoms with E-state index in [9.17, 15) is 0 Å². The molecule has 3 rings (SSSR count). The second-order valence-electron chi connectivity index (χ2n) is 5.22. The molecule has 5 heteroatoms. The summed E-state index contributed by atoms with van der Waals surface area (Å²) in [5, 5.41) is 4.14. The quantitative estimate of drug-likeness (QED) is 0.825.